The maximum absolute atomic E-state index is 11.8. The van der Waals surface area contributed by atoms with Crippen LogP contribution in [0.1, 0.15) is 42.4 Å². The summed E-state index contributed by atoms with van der Waals surface area (Å²) in [6.07, 6.45) is 6.25. The number of allylic oxidation sites excluding steroid dienone is 1. The first kappa shape index (κ1) is 19.7. The average molecular weight is 378 g/mol. The van der Waals surface area contributed by atoms with Gasteiger partial charge in [-0.2, -0.15) is 4.98 Å². The Hall–Kier alpha value is -3.02. The fourth-order valence-corrected chi connectivity index (χ4v) is 3.25. The SMILES string of the molecule is C=CC(=O)Cc1ccc(C)cc1Nc1nc(NC2CCC(=O)CC2)ncc1C. The molecule has 6 heteroatoms. The molecule has 146 valence electrons. The van der Waals surface area contributed by atoms with Crippen LogP contribution in [0.4, 0.5) is 17.5 Å². The topological polar surface area (TPSA) is 84.0 Å². The van der Waals surface area contributed by atoms with Crippen LogP contribution in [0.3, 0.4) is 0 Å². The van der Waals surface area contributed by atoms with Gasteiger partial charge in [0.05, 0.1) is 0 Å². The molecule has 2 aromatic rings. The number of Topliss-reactive ketones (excluding diaryl/α,β-unsaturated/α-hetero) is 1. The quantitative estimate of drug-likeness (QED) is 0.707. The van der Waals surface area contributed by atoms with Gasteiger partial charge in [0.1, 0.15) is 11.6 Å². The van der Waals surface area contributed by atoms with Gasteiger partial charge < -0.3 is 10.6 Å². The van der Waals surface area contributed by atoms with Crippen molar-refractivity contribution in [1.29, 1.82) is 0 Å². The van der Waals surface area contributed by atoms with Gasteiger partial charge in [0.15, 0.2) is 5.78 Å². The molecule has 0 radical (unpaired) electrons. The molecule has 0 bridgehead atoms. The van der Waals surface area contributed by atoms with E-state index in [2.05, 4.69) is 27.2 Å². The number of carbonyl (C=O) groups excluding carboxylic acids is 2. The van der Waals surface area contributed by atoms with Gasteiger partial charge in [0.25, 0.3) is 0 Å². The fraction of sp³-hybridized carbons (Fsp3) is 0.364. The molecule has 0 aliphatic heterocycles. The summed E-state index contributed by atoms with van der Waals surface area (Å²) in [7, 11) is 0. The lowest BCUT2D eigenvalue weighted by molar-refractivity contribution is -0.120. The number of benzene rings is 1. The summed E-state index contributed by atoms with van der Waals surface area (Å²) < 4.78 is 0. The zero-order chi connectivity index (χ0) is 20.1. The molecule has 0 saturated heterocycles. The minimum atomic E-state index is -0.0273. The summed E-state index contributed by atoms with van der Waals surface area (Å²) in [5, 5.41) is 6.70. The van der Waals surface area contributed by atoms with Crippen LogP contribution in [0.25, 0.3) is 0 Å². The van der Waals surface area contributed by atoms with E-state index in [-0.39, 0.29) is 18.2 Å². The van der Waals surface area contributed by atoms with Crippen LogP contribution in [0, 0.1) is 13.8 Å². The molecule has 6 nitrogen and oxygen atoms in total. The number of hydrogen-bond donors (Lipinski definition) is 2. The summed E-state index contributed by atoms with van der Waals surface area (Å²) in [6.45, 7) is 7.50. The molecule has 0 unspecified atom stereocenters. The van der Waals surface area contributed by atoms with E-state index in [0.29, 0.717) is 30.4 Å². The Bertz CT molecular complexity index is 897. The summed E-state index contributed by atoms with van der Waals surface area (Å²) in [5.74, 6) is 1.54. The Kier molecular flexibility index (Phi) is 6.19. The van der Waals surface area contributed by atoms with Crippen molar-refractivity contribution >= 4 is 29.0 Å². The normalized spacial score (nSPS) is 14.6. The van der Waals surface area contributed by atoms with E-state index in [1.807, 2.05) is 32.0 Å². The van der Waals surface area contributed by atoms with E-state index >= 15 is 0 Å². The standard InChI is InChI=1S/C22H26N4O2/c1-4-18(27)12-16-6-5-14(2)11-20(16)25-21-15(3)13-23-22(26-21)24-17-7-9-19(28)10-8-17/h4-6,11,13,17H,1,7-10,12H2,2-3H3,(H2,23,24,25,26). The number of rotatable bonds is 7. The number of anilines is 3. The third kappa shape index (κ3) is 5.03. The van der Waals surface area contributed by atoms with Crippen molar-refractivity contribution in [3.05, 3.63) is 53.7 Å². The molecule has 1 saturated carbocycles. The number of aryl methyl sites for hydroxylation is 2. The van der Waals surface area contributed by atoms with Gasteiger partial charge in [-0.1, -0.05) is 18.7 Å². The van der Waals surface area contributed by atoms with Gasteiger partial charge in [-0.3, -0.25) is 9.59 Å². The third-order valence-corrected chi connectivity index (χ3v) is 4.96. The molecule has 0 atom stereocenters. The molecule has 2 N–H and O–H groups in total. The predicted octanol–water partition coefficient (Wildman–Crippen LogP) is 4.06. The molecule has 28 heavy (non-hydrogen) atoms. The zero-order valence-corrected chi connectivity index (χ0v) is 16.4. The zero-order valence-electron chi connectivity index (χ0n) is 16.4. The highest BCUT2D eigenvalue weighted by Crippen LogP contribution is 2.25. The molecule has 1 aromatic carbocycles. The van der Waals surface area contributed by atoms with Crippen molar-refractivity contribution in [3.63, 3.8) is 0 Å². The molecule has 1 heterocycles. The first-order valence-electron chi connectivity index (χ1n) is 9.58. The van der Waals surface area contributed by atoms with Gasteiger partial charge >= 0.3 is 0 Å². The Morgan fingerprint density at radius 2 is 2.04 bits per heavy atom. The Balaban J connectivity index is 1.80. The summed E-state index contributed by atoms with van der Waals surface area (Å²) in [6, 6.07) is 6.16. The number of hydrogen-bond acceptors (Lipinski definition) is 6. The first-order chi connectivity index (χ1) is 13.4. The molecule has 1 aromatic heterocycles. The van der Waals surface area contributed by atoms with Gasteiger partial charge in [-0.15, -0.1) is 0 Å². The van der Waals surface area contributed by atoms with Crippen molar-refractivity contribution in [2.75, 3.05) is 10.6 Å². The lowest BCUT2D eigenvalue weighted by atomic mass is 9.94. The van der Waals surface area contributed by atoms with Gasteiger partial charge in [-0.05, 0) is 50.0 Å². The van der Waals surface area contributed by atoms with Crippen LogP contribution in [-0.4, -0.2) is 27.6 Å². The lowest BCUT2D eigenvalue weighted by Crippen LogP contribution is -2.27. The highest BCUT2D eigenvalue weighted by Gasteiger charge is 2.19. The van der Waals surface area contributed by atoms with Gasteiger partial charge in [-0.25, -0.2) is 4.98 Å². The van der Waals surface area contributed by atoms with Crippen molar-refractivity contribution in [3.8, 4) is 0 Å². The maximum Gasteiger partial charge on any atom is 0.224 e. The molecule has 3 rings (SSSR count). The minimum absolute atomic E-state index is 0.0273. The van der Waals surface area contributed by atoms with Crippen LogP contribution in [-0.2, 0) is 16.0 Å². The molecule has 0 amide bonds. The monoisotopic (exact) mass is 378 g/mol. The average Bonchev–Trinajstić information content (AvgIpc) is 2.68. The summed E-state index contributed by atoms with van der Waals surface area (Å²) >= 11 is 0. The first-order valence-corrected chi connectivity index (χ1v) is 9.58. The number of nitrogens with zero attached hydrogens (tertiary/aromatic N) is 2. The molecular formula is C22H26N4O2. The second-order valence-corrected chi connectivity index (χ2v) is 7.32. The highest BCUT2D eigenvalue weighted by molar-refractivity contribution is 5.92. The van der Waals surface area contributed by atoms with Crippen LogP contribution in [0.2, 0.25) is 0 Å². The van der Waals surface area contributed by atoms with Crippen LogP contribution in [0.15, 0.2) is 37.1 Å². The van der Waals surface area contributed by atoms with Gasteiger partial charge in [0.2, 0.25) is 5.95 Å². The lowest BCUT2D eigenvalue weighted by Gasteiger charge is -2.22. The van der Waals surface area contributed by atoms with Crippen LogP contribution >= 0.6 is 0 Å². The molecular weight excluding hydrogens is 352 g/mol. The van der Waals surface area contributed by atoms with E-state index in [1.165, 1.54) is 6.08 Å². The van der Waals surface area contributed by atoms with E-state index < -0.39 is 0 Å². The molecule has 1 aliphatic rings. The second kappa shape index (κ2) is 8.78. The van der Waals surface area contributed by atoms with E-state index in [0.717, 1.165) is 35.2 Å². The third-order valence-electron chi connectivity index (χ3n) is 4.96. The molecule has 0 spiro atoms. The number of carbonyl (C=O) groups is 2. The predicted molar refractivity (Wildman–Crippen MR) is 111 cm³/mol. The van der Waals surface area contributed by atoms with Crippen molar-refractivity contribution in [2.45, 2.75) is 52.0 Å². The number of aromatic nitrogens is 2. The molecule has 1 aliphatic carbocycles. The van der Waals surface area contributed by atoms with Crippen LogP contribution in [0.5, 0.6) is 0 Å². The van der Waals surface area contributed by atoms with Crippen LogP contribution < -0.4 is 10.6 Å². The maximum atomic E-state index is 11.8. The molecule has 1 fully saturated rings. The Labute approximate surface area is 165 Å². The summed E-state index contributed by atoms with van der Waals surface area (Å²) in [5.41, 5.74) is 3.75. The highest BCUT2D eigenvalue weighted by atomic mass is 16.1. The van der Waals surface area contributed by atoms with E-state index in [1.54, 1.807) is 6.20 Å². The Morgan fingerprint density at radius 1 is 1.29 bits per heavy atom. The minimum Gasteiger partial charge on any atom is -0.351 e. The Morgan fingerprint density at radius 3 is 2.75 bits per heavy atom. The second-order valence-electron chi connectivity index (χ2n) is 7.32. The largest absolute Gasteiger partial charge is 0.351 e. The fourth-order valence-electron chi connectivity index (χ4n) is 3.25. The number of nitrogens with one attached hydrogen (secondary N) is 2. The van der Waals surface area contributed by atoms with Crippen molar-refractivity contribution in [1.82, 2.24) is 9.97 Å². The van der Waals surface area contributed by atoms with Crippen molar-refractivity contribution in [2.24, 2.45) is 0 Å². The number of ketones is 2. The smallest absolute Gasteiger partial charge is 0.224 e. The van der Waals surface area contributed by atoms with Crippen molar-refractivity contribution < 1.29 is 9.59 Å². The summed E-state index contributed by atoms with van der Waals surface area (Å²) in [4.78, 5) is 32.3. The van der Waals surface area contributed by atoms with E-state index in [9.17, 15) is 9.59 Å². The van der Waals surface area contributed by atoms with E-state index in [4.69, 9.17) is 0 Å². The van der Waals surface area contributed by atoms with Gasteiger partial charge in [0, 0.05) is 42.8 Å².